The molecule has 1 aromatic heterocycles. The average molecular weight is 416 g/mol. The van der Waals surface area contributed by atoms with Gasteiger partial charge in [0.2, 0.25) is 5.95 Å². The van der Waals surface area contributed by atoms with E-state index >= 15 is 0 Å². The summed E-state index contributed by atoms with van der Waals surface area (Å²) in [5.74, 6) is 1.07. The molecule has 0 unspecified atom stereocenters. The number of anilines is 1. The van der Waals surface area contributed by atoms with Gasteiger partial charge in [-0.05, 0) is 30.2 Å². The Labute approximate surface area is 157 Å². The van der Waals surface area contributed by atoms with Gasteiger partial charge >= 0.3 is 0 Å². The number of nitrogens with zero attached hydrogens (tertiary/aromatic N) is 4. The molecule has 0 spiro atoms. The maximum Gasteiger partial charge on any atom is 0.294 e. The van der Waals surface area contributed by atoms with Crippen molar-refractivity contribution < 1.29 is 25.9 Å². The zero-order valence-electron chi connectivity index (χ0n) is 15.0. The van der Waals surface area contributed by atoms with Crippen LogP contribution >= 0.6 is 0 Å². The van der Waals surface area contributed by atoms with E-state index in [1.165, 1.54) is 0 Å². The van der Waals surface area contributed by atoms with Crippen molar-refractivity contribution >= 4 is 26.2 Å². The molecular formula is C15H20N4O6S2. The quantitative estimate of drug-likeness (QED) is 0.625. The van der Waals surface area contributed by atoms with Crippen molar-refractivity contribution in [2.75, 3.05) is 19.0 Å². The van der Waals surface area contributed by atoms with Crippen molar-refractivity contribution in [2.24, 2.45) is 0 Å². The SMILES string of the molecule is CCCc1nc(Cc2cc(S(=O)(=O)O)ccc2S(=O)(=O)O)nc(N(C)C)n1. The van der Waals surface area contributed by atoms with Gasteiger partial charge in [-0.2, -0.15) is 26.8 Å². The van der Waals surface area contributed by atoms with Crippen LogP contribution in [0.2, 0.25) is 0 Å². The first-order chi connectivity index (χ1) is 12.4. The van der Waals surface area contributed by atoms with Gasteiger partial charge in [0.05, 0.1) is 9.79 Å². The minimum Gasteiger partial charge on any atom is -0.347 e. The number of aromatic nitrogens is 3. The first-order valence-electron chi connectivity index (χ1n) is 7.91. The molecular weight excluding hydrogens is 396 g/mol. The molecule has 12 heteroatoms. The lowest BCUT2D eigenvalue weighted by molar-refractivity contribution is 0.477. The summed E-state index contributed by atoms with van der Waals surface area (Å²) in [6, 6.07) is 2.77. The predicted molar refractivity (Wildman–Crippen MR) is 97.0 cm³/mol. The van der Waals surface area contributed by atoms with Crippen LogP contribution in [0, 0.1) is 0 Å². The van der Waals surface area contributed by atoms with E-state index in [9.17, 15) is 25.9 Å². The number of rotatable bonds is 7. The highest BCUT2D eigenvalue weighted by atomic mass is 32.2. The van der Waals surface area contributed by atoms with E-state index in [-0.39, 0.29) is 17.8 Å². The molecule has 1 heterocycles. The minimum atomic E-state index is -4.62. The molecule has 2 rings (SSSR count). The van der Waals surface area contributed by atoms with Gasteiger partial charge in [-0.15, -0.1) is 0 Å². The van der Waals surface area contributed by atoms with E-state index in [0.717, 1.165) is 24.6 Å². The first kappa shape index (κ1) is 21.2. The Morgan fingerprint density at radius 1 is 0.963 bits per heavy atom. The maximum absolute atomic E-state index is 11.6. The monoisotopic (exact) mass is 416 g/mol. The van der Waals surface area contributed by atoms with Crippen molar-refractivity contribution in [3.63, 3.8) is 0 Å². The summed E-state index contributed by atoms with van der Waals surface area (Å²) < 4.78 is 64.7. The van der Waals surface area contributed by atoms with Gasteiger partial charge in [-0.1, -0.05) is 6.92 Å². The van der Waals surface area contributed by atoms with Gasteiger partial charge in [0, 0.05) is 26.9 Å². The Kier molecular flexibility index (Phi) is 6.14. The lowest BCUT2D eigenvalue weighted by Crippen LogP contribution is -2.17. The predicted octanol–water partition coefficient (Wildman–Crippen LogP) is 0.974. The highest BCUT2D eigenvalue weighted by molar-refractivity contribution is 7.86. The Morgan fingerprint density at radius 3 is 2.11 bits per heavy atom. The van der Waals surface area contributed by atoms with Gasteiger partial charge in [0.25, 0.3) is 20.2 Å². The third-order valence-corrected chi connectivity index (χ3v) is 5.35. The van der Waals surface area contributed by atoms with Gasteiger partial charge < -0.3 is 4.90 Å². The second-order valence-electron chi connectivity index (χ2n) is 6.01. The Morgan fingerprint density at radius 2 is 1.59 bits per heavy atom. The zero-order chi connectivity index (χ0) is 20.4. The fraction of sp³-hybridized carbons (Fsp3) is 0.400. The third kappa shape index (κ3) is 5.42. The molecule has 27 heavy (non-hydrogen) atoms. The molecule has 0 amide bonds. The van der Waals surface area contributed by atoms with Crippen molar-refractivity contribution in [1.82, 2.24) is 15.0 Å². The molecule has 0 saturated carbocycles. The lowest BCUT2D eigenvalue weighted by Gasteiger charge is -2.13. The van der Waals surface area contributed by atoms with Crippen molar-refractivity contribution in [1.29, 1.82) is 0 Å². The van der Waals surface area contributed by atoms with E-state index in [4.69, 9.17) is 0 Å². The highest BCUT2D eigenvalue weighted by Crippen LogP contribution is 2.23. The van der Waals surface area contributed by atoms with Gasteiger partial charge in [0.1, 0.15) is 11.6 Å². The summed E-state index contributed by atoms with van der Waals surface area (Å²) in [6.45, 7) is 1.95. The molecule has 0 aliphatic rings. The Bertz CT molecular complexity index is 1050. The molecule has 148 valence electrons. The summed E-state index contributed by atoms with van der Waals surface area (Å²) in [5, 5.41) is 0. The van der Waals surface area contributed by atoms with Crippen LogP contribution in [0.4, 0.5) is 5.95 Å². The fourth-order valence-corrected chi connectivity index (χ4v) is 3.58. The van der Waals surface area contributed by atoms with Crippen LogP contribution in [0.15, 0.2) is 28.0 Å². The Hall–Kier alpha value is -2.15. The van der Waals surface area contributed by atoms with Crippen molar-refractivity contribution in [3.05, 3.63) is 35.4 Å². The van der Waals surface area contributed by atoms with E-state index in [1.54, 1.807) is 19.0 Å². The number of hydrogen-bond acceptors (Lipinski definition) is 8. The van der Waals surface area contributed by atoms with E-state index in [2.05, 4.69) is 15.0 Å². The van der Waals surface area contributed by atoms with Crippen LogP contribution in [-0.2, 0) is 33.1 Å². The van der Waals surface area contributed by atoms with Gasteiger partial charge in [-0.25, -0.2) is 4.98 Å². The van der Waals surface area contributed by atoms with E-state index in [0.29, 0.717) is 18.2 Å². The molecule has 2 aromatic rings. The minimum absolute atomic E-state index is 0.0639. The highest BCUT2D eigenvalue weighted by Gasteiger charge is 2.21. The summed E-state index contributed by atoms with van der Waals surface area (Å²) in [7, 11) is -5.71. The molecule has 0 radical (unpaired) electrons. The van der Waals surface area contributed by atoms with Crippen molar-refractivity contribution in [3.8, 4) is 0 Å². The summed E-state index contributed by atoms with van der Waals surface area (Å²) in [5.41, 5.74) is -0.0639. The second kappa shape index (κ2) is 7.84. The Balaban J connectivity index is 2.61. The van der Waals surface area contributed by atoms with Gasteiger partial charge in [-0.3, -0.25) is 9.11 Å². The van der Waals surface area contributed by atoms with Crippen LogP contribution in [0.1, 0.15) is 30.6 Å². The molecule has 1 aromatic carbocycles. The molecule has 0 saturated heterocycles. The molecule has 0 aliphatic carbocycles. The summed E-state index contributed by atoms with van der Waals surface area (Å²) >= 11 is 0. The van der Waals surface area contributed by atoms with E-state index in [1.807, 2.05) is 6.92 Å². The topological polar surface area (TPSA) is 151 Å². The average Bonchev–Trinajstić information content (AvgIpc) is 2.53. The zero-order valence-corrected chi connectivity index (χ0v) is 16.6. The molecule has 2 N–H and O–H groups in total. The third-order valence-electron chi connectivity index (χ3n) is 3.55. The standard InChI is InChI=1S/C15H20N4O6S2/c1-4-5-13-16-14(18-15(17-13)19(2)3)9-10-8-11(26(20,21)22)6-7-12(10)27(23,24)25/h6-8H,4-5,9H2,1-3H3,(H,20,21,22)(H,23,24,25). The molecule has 0 bridgehead atoms. The first-order valence-corrected chi connectivity index (χ1v) is 10.8. The normalized spacial score (nSPS) is 12.2. The van der Waals surface area contributed by atoms with Crippen LogP contribution < -0.4 is 4.90 Å². The number of benzene rings is 1. The number of hydrogen-bond donors (Lipinski definition) is 2. The van der Waals surface area contributed by atoms with Crippen molar-refractivity contribution in [2.45, 2.75) is 36.0 Å². The summed E-state index contributed by atoms with van der Waals surface area (Å²) in [6.07, 6.45) is 1.18. The van der Waals surface area contributed by atoms with Crippen LogP contribution in [0.25, 0.3) is 0 Å². The second-order valence-corrected chi connectivity index (χ2v) is 8.82. The summed E-state index contributed by atoms with van der Waals surface area (Å²) in [4.78, 5) is 13.5. The fourth-order valence-electron chi connectivity index (χ4n) is 2.35. The molecule has 0 atom stereocenters. The van der Waals surface area contributed by atoms with Gasteiger partial charge in [0.15, 0.2) is 0 Å². The molecule has 0 aliphatic heterocycles. The maximum atomic E-state index is 11.6. The smallest absolute Gasteiger partial charge is 0.294 e. The van der Waals surface area contributed by atoms with E-state index < -0.39 is 30.0 Å². The van der Waals surface area contributed by atoms with Crippen LogP contribution in [0.3, 0.4) is 0 Å². The van der Waals surface area contributed by atoms with Crippen LogP contribution in [-0.4, -0.2) is 55.0 Å². The largest absolute Gasteiger partial charge is 0.347 e. The van der Waals surface area contributed by atoms with Crippen LogP contribution in [0.5, 0.6) is 0 Å². The lowest BCUT2D eigenvalue weighted by atomic mass is 10.1. The number of aryl methyl sites for hydroxylation is 1. The molecule has 0 fully saturated rings. The molecule has 10 nitrogen and oxygen atoms in total.